The SMILES string of the molecule is CCCC(=O)O[C@@H](C)COC(=O)[C@@H](N)Cc1ccc(OC(=O)OCC(C)(C)C)c(OC(=O)OCC(C)(C)C)c1. The molecule has 0 saturated heterocycles. The van der Waals surface area contributed by atoms with Crippen LogP contribution in [0.15, 0.2) is 18.2 Å². The first-order valence-corrected chi connectivity index (χ1v) is 12.9. The maximum absolute atomic E-state index is 12.4. The quantitative estimate of drug-likeness (QED) is 0.213. The number of rotatable bonds is 12. The average Bonchev–Trinajstić information content (AvgIpc) is 2.80. The van der Waals surface area contributed by atoms with Crippen molar-refractivity contribution in [3.8, 4) is 11.5 Å². The van der Waals surface area contributed by atoms with Crippen molar-refractivity contribution in [2.24, 2.45) is 16.6 Å². The molecule has 0 fully saturated rings. The van der Waals surface area contributed by atoms with Gasteiger partial charge in [0.15, 0.2) is 11.5 Å². The monoisotopic (exact) mass is 553 g/mol. The van der Waals surface area contributed by atoms with Crippen LogP contribution in [-0.4, -0.2) is 56.2 Å². The number of carbonyl (C=O) groups is 4. The summed E-state index contributed by atoms with van der Waals surface area (Å²) >= 11 is 0. The highest BCUT2D eigenvalue weighted by molar-refractivity contribution is 5.76. The second kappa shape index (κ2) is 15.3. The van der Waals surface area contributed by atoms with E-state index >= 15 is 0 Å². The zero-order valence-corrected chi connectivity index (χ0v) is 24.3. The smallest absolute Gasteiger partial charge is 0.461 e. The fourth-order valence-corrected chi connectivity index (χ4v) is 2.80. The number of nitrogens with two attached hydrogens (primary N) is 1. The molecule has 11 heteroatoms. The lowest BCUT2D eigenvalue weighted by molar-refractivity contribution is -0.158. The van der Waals surface area contributed by atoms with Gasteiger partial charge < -0.3 is 34.2 Å². The number of esters is 2. The molecule has 1 aromatic rings. The topological polar surface area (TPSA) is 150 Å². The minimum absolute atomic E-state index is 0.0188. The molecular formula is C28H43NO10. The summed E-state index contributed by atoms with van der Waals surface area (Å²) in [7, 11) is 0. The van der Waals surface area contributed by atoms with Crippen LogP contribution in [0.1, 0.15) is 73.8 Å². The van der Waals surface area contributed by atoms with Gasteiger partial charge in [0.25, 0.3) is 0 Å². The summed E-state index contributed by atoms with van der Waals surface area (Å²) < 4.78 is 31.2. The Balaban J connectivity index is 2.92. The Morgan fingerprint density at radius 3 is 1.90 bits per heavy atom. The third-order valence-electron chi connectivity index (χ3n) is 4.65. The summed E-state index contributed by atoms with van der Waals surface area (Å²) in [6, 6.07) is 3.30. The Bertz CT molecular complexity index is 978. The number of hydrogen-bond acceptors (Lipinski definition) is 11. The summed E-state index contributed by atoms with van der Waals surface area (Å²) in [4.78, 5) is 48.5. The normalized spacial score (nSPS) is 13.1. The van der Waals surface area contributed by atoms with E-state index in [-0.39, 0.29) is 61.0 Å². The van der Waals surface area contributed by atoms with E-state index in [0.29, 0.717) is 12.0 Å². The van der Waals surface area contributed by atoms with E-state index in [4.69, 9.17) is 34.2 Å². The first kappa shape index (κ1) is 33.7. The van der Waals surface area contributed by atoms with Crippen molar-refractivity contribution in [2.45, 2.75) is 86.8 Å². The molecule has 0 saturated carbocycles. The van der Waals surface area contributed by atoms with Crippen LogP contribution in [0.25, 0.3) is 0 Å². The van der Waals surface area contributed by atoms with Gasteiger partial charge in [-0.2, -0.15) is 0 Å². The Morgan fingerprint density at radius 2 is 1.38 bits per heavy atom. The summed E-state index contributed by atoms with van der Waals surface area (Å²) in [6.07, 6.45) is -1.64. The van der Waals surface area contributed by atoms with Gasteiger partial charge in [0.2, 0.25) is 0 Å². The van der Waals surface area contributed by atoms with Crippen molar-refractivity contribution in [3.63, 3.8) is 0 Å². The number of benzene rings is 1. The fourth-order valence-electron chi connectivity index (χ4n) is 2.80. The van der Waals surface area contributed by atoms with Gasteiger partial charge >= 0.3 is 24.2 Å². The van der Waals surface area contributed by atoms with Crippen LogP contribution in [-0.2, 0) is 35.0 Å². The van der Waals surface area contributed by atoms with Gasteiger partial charge in [-0.15, -0.1) is 0 Å². The van der Waals surface area contributed by atoms with Crippen LogP contribution < -0.4 is 15.2 Å². The molecule has 0 aliphatic rings. The summed E-state index contributed by atoms with van der Waals surface area (Å²) in [5, 5.41) is 0. The largest absolute Gasteiger partial charge is 0.513 e. The molecule has 0 bridgehead atoms. The lowest BCUT2D eigenvalue weighted by atomic mass is 9.99. The minimum atomic E-state index is -1.06. The second-order valence-corrected chi connectivity index (χ2v) is 11.7. The third-order valence-corrected chi connectivity index (χ3v) is 4.65. The van der Waals surface area contributed by atoms with Crippen molar-refractivity contribution < 1.29 is 47.6 Å². The first-order chi connectivity index (χ1) is 18.0. The van der Waals surface area contributed by atoms with Crippen LogP contribution in [0.2, 0.25) is 0 Å². The Labute approximate surface area is 230 Å². The van der Waals surface area contributed by atoms with Crippen LogP contribution >= 0.6 is 0 Å². The average molecular weight is 554 g/mol. The fraction of sp³-hybridized carbons (Fsp3) is 0.643. The summed E-state index contributed by atoms with van der Waals surface area (Å²) in [5.41, 5.74) is 5.93. The van der Waals surface area contributed by atoms with Gasteiger partial charge in [-0.05, 0) is 48.3 Å². The molecule has 2 N–H and O–H groups in total. The molecule has 0 radical (unpaired) electrons. The van der Waals surface area contributed by atoms with Crippen molar-refractivity contribution >= 4 is 24.2 Å². The molecule has 39 heavy (non-hydrogen) atoms. The summed E-state index contributed by atoms with van der Waals surface area (Å²) in [6.45, 7) is 14.9. The minimum Gasteiger partial charge on any atom is -0.461 e. The van der Waals surface area contributed by atoms with Crippen LogP contribution in [0.4, 0.5) is 9.59 Å². The lowest BCUT2D eigenvalue weighted by Crippen LogP contribution is -2.36. The predicted molar refractivity (Wildman–Crippen MR) is 142 cm³/mol. The second-order valence-electron chi connectivity index (χ2n) is 11.7. The van der Waals surface area contributed by atoms with Gasteiger partial charge in [0, 0.05) is 6.42 Å². The number of carbonyl (C=O) groups excluding carboxylic acids is 4. The molecule has 1 rings (SSSR count). The van der Waals surface area contributed by atoms with Crippen molar-refractivity contribution in [3.05, 3.63) is 23.8 Å². The Morgan fingerprint density at radius 1 is 0.846 bits per heavy atom. The molecule has 0 amide bonds. The predicted octanol–water partition coefficient (Wildman–Crippen LogP) is 4.95. The molecule has 220 valence electrons. The van der Waals surface area contributed by atoms with E-state index in [2.05, 4.69) is 0 Å². The van der Waals surface area contributed by atoms with E-state index in [1.807, 2.05) is 48.5 Å². The van der Waals surface area contributed by atoms with Gasteiger partial charge in [0.1, 0.15) is 18.8 Å². The molecule has 1 aromatic carbocycles. The molecule has 2 atom stereocenters. The zero-order chi connectivity index (χ0) is 29.8. The lowest BCUT2D eigenvalue weighted by Gasteiger charge is -2.19. The van der Waals surface area contributed by atoms with Crippen molar-refractivity contribution in [1.29, 1.82) is 0 Å². The van der Waals surface area contributed by atoms with Crippen LogP contribution in [0.3, 0.4) is 0 Å². The van der Waals surface area contributed by atoms with E-state index in [0.717, 1.165) is 0 Å². The maximum atomic E-state index is 12.4. The van der Waals surface area contributed by atoms with Crippen LogP contribution in [0, 0.1) is 10.8 Å². The maximum Gasteiger partial charge on any atom is 0.513 e. The van der Waals surface area contributed by atoms with Crippen molar-refractivity contribution in [2.75, 3.05) is 19.8 Å². The van der Waals surface area contributed by atoms with Gasteiger partial charge in [-0.3, -0.25) is 9.59 Å². The zero-order valence-electron chi connectivity index (χ0n) is 24.3. The van der Waals surface area contributed by atoms with E-state index < -0.39 is 30.4 Å². The van der Waals surface area contributed by atoms with Crippen LogP contribution in [0.5, 0.6) is 11.5 Å². The number of ether oxygens (including phenoxy) is 6. The molecule has 11 nitrogen and oxygen atoms in total. The molecule has 0 heterocycles. The van der Waals surface area contributed by atoms with E-state index in [9.17, 15) is 19.2 Å². The molecule has 0 aromatic heterocycles. The first-order valence-electron chi connectivity index (χ1n) is 12.9. The van der Waals surface area contributed by atoms with E-state index in [1.165, 1.54) is 12.1 Å². The highest BCUT2D eigenvalue weighted by Crippen LogP contribution is 2.30. The molecule has 0 spiro atoms. The van der Waals surface area contributed by atoms with E-state index in [1.54, 1.807) is 13.0 Å². The summed E-state index contributed by atoms with van der Waals surface area (Å²) in [5.74, 6) is -1.27. The highest BCUT2D eigenvalue weighted by atomic mass is 16.7. The third kappa shape index (κ3) is 15.0. The molecule has 0 aliphatic carbocycles. The Hall–Kier alpha value is -3.34. The van der Waals surface area contributed by atoms with Crippen molar-refractivity contribution in [1.82, 2.24) is 0 Å². The standard InChI is InChI=1S/C28H43NO10/c1-9-10-23(30)37-18(2)15-34-24(31)20(29)13-19-11-12-21(38-25(32)35-16-27(3,4)5)22(14-19)39-26(33)36-17-28(6,7)8/h11-12,14,18,20H,9-10,13,15-17,29H2,1-8H3/t18-,20-/m0/s1. The van der Waals surface area contributed by atoms with Gasteiger partial charge in [-0.1, -0.05) is 54.5 Å². The highest BCUT2D eigenvalue weighted by Gasteiger charge is 2.23. The van der Waals surface area contributed by atoms with Gasteiger partial charge in [0.05, 0.1) is 13.2 Å². The molecule has 0 unspecified atom stereocenters. The number of hydrogen-bond donors (Lipinski definition) is 1. The molecular weight excluding hydrogens is 510 g/mol. The molecule has 0 aliphatic heterocycles. The van der Waals surface area contributed by atoms with Gasteiger partial charge in [-0.25, -0.2) is 9.59 Å². The Kier molecular flexibility index (Phi) is 13.2.